The molecule has 3 nitrogen and oxygen atoms in total. The Morgan fingerprint density at radius 3 is 2.75 bits per heavy atom. The largest absolute Gasteiger partial charge is 0.450 e. The molecule has 0 unspecified atom stereocenters. The van der Waals surface area contributed by atoms with Crippen molar-refractivity contribution in [1.29, 1.82) is 0 Å². The van der Waals surface area contributed by atoms with Crippen molar-refractivity contribution in [2.45, 2.75) is 64.8 Å². The Morgan fingerprint density at radius 2 is 2.08 bits per heavy atom. The van der Waals surface area contributed by atoms with Crippen LogP contribution in [0.15, 0.2) is 24.3 Å². The molecule has 3 heteroatoms. The molecule has 1 fully saturated rings. The fraction of sp³-hybridized carbons (Fsp3) is 0.571. The van der Waals surface area contributed by atoms with Crippen LogP contribution in [0.4, 0.5) is 4.79 Å². The molecule has 1 aromatic rings. The first kappa shape index (κ1) is 17.1. The van der Waals surface area contributed by atoms with E-state index in [9.17, 15) is 4.79 Å². The van der Waals surface area contributed by atoms with E-state index in [0.717, 1.165) is 32.1 Å². The van der Waals surface area contributed by atoms with E-state index in [4.69, 9.17) is 4.74 Å². The molecule has 0 saturated heterocycles. The zero-order valence-electron chi connectivity index (χ0n) is 15.1. The summed E-state index contributed by atoms with van der Waals surface area (Å²) in [6.07, 6.45) is 9.98. The van der Waals surface area contributed by atoms with Crippen LogP contribution in [0.2, 0.25) is 0 Å². The van der Waals surface area contributed by atoms with Crippen LogP contribution in [0.5, 0.6) is 0 Å². The van der Waals surface area contributed by atoms with Gasteiger partial charge in [0.1, 0.15) is 0 Å². The number of benzene rings is 1. The van der Waals surface area contributed by atoms with Crippen molar-refractivity contribution < 1.29 is 9.53 Å². The second kappa shape index (κ2) is 7.00. The average molecular weight is 327 g/mol. The molecule has 130 valence electrons. The van der Waals surface area contributed by atoms with Gasteiger partial charge in [0.25, 0.3) is 0 Å². The van der Waals surface area contributed by atoms with Gasteiger partial charge in [-0.1, -0.05) is 44.2 Å². The van der Waals surface area contributed by atoms with Crippen LogP contribution in [0.25, 0.3) is 6.08 Å². The van der Waals surface area contributed by atoms with Gasteiger partial charge in [0.2, 0.25) is 0 Å². The van der Waals surface area contributed by atoms with Gasteiger partial charge in [-0.25, -0.2) is 4.79 Å². The molecule has 0 atom stereocenters. The number of nitrogens with one attached hydrogen (secondary N) is 1. The Hall–Kier alpha value is -1.77. The van der Waals surface area contributed by atoms with Crippen molar-refractivity contribution in [3.63, 3.8) is 0 Å². The molecule has 1 amide bonds. The van der Waals surface area contributed by atoms with Crippen LogP contribution in [-0.2, 0) is 11.2 Å². The average Bonchev–Trinajstić information content (AvgIpc) is 2.56. The fourth-order valence-corrected chi connectivity index (χ4v) is 4.21. The molecule has 1 spiro atoms. The minimum atomic E-state index is -0.274. The number of amides is 1. The topological polar surface area (TPSA) is 38.3 Å². The zero-order valence-corrected chi connectivity index (χ0v) is 15.1. The summed E-state index contributed by atoms with van der Waals surface area (Å²) in [5, 5.41) is 3.00. The summed E-state index contributed by atoms with van der Waals surface area (Å²) in [5.74, 6) is 0.558. The highest BCUT2D eigenvalue weighted by Gasteiger charge is 2.36. The molecule has 1 saturated carbocycles. The molecule has 0 radical (unpaired) electrons. The maximum Gasteiger partial charge on any atom is 0.407 e. The maximum atomic E-state index is 11.6. The van der Waals surface area contributed by atoms with Gasteiger partial charge in [-0.3, -0.25) is 0 Å². The summed E-state index contributed by atoms with van der Waals surface area (Å²) in [6.45, 7) is 6.80. The lowest BCUT2D eigenvalue weighted by molar-refractivity contribution is 0.138. The Labute approximate surface area is 145 Å². The molecule has 0 aromatic heterocycles. The Morgan fingerprint density at radius 1 is 1.33 bits per heavy atom. The quantitative estimate of drug-likeness (QED) is 0.843. The normalized spacial score (nSPS) is 25.6. The number of rotatable bonds is 3. The van der Waals surface area contributed by atoms with Crippen molar-refractivity contribution >= 4 is 12.2 Å². The van der Waals surface area contributed by atoms with E-state index in [1.165, 1.54) is 16.7 Å². The van der Waals surface area contributed by atoms with Gasteiger partial charge in [0, 0.05) is 6.04 Å². The summed E-state index contributed by atoms with van der Waals surface area (Å²) >= 11 is 0. The van der Waals surface area contributed by atoms with Gasteiger partial charge in [0.15, 0.2) is 0 Å². The van der Waals surface area contributed by atoms with E-state index in [1.54, 1.807) is 0 Å². The molecular formula is C21H29NO2. The van der Waals surface area contributed by atoms with Crippen LogP contribution >= 0.6 is 0 Å². The first-order valence-electron chi connectivity index (χ1n) is 9.27. The van der Waals surface area contributed by atoms with Crippen molar-refractivity contribution in [2.24, 2.45) is 5.41 Å². The second-order valence-corrected chi connectivity index (χ2v) is 7.59. The minimum Gasteiger partial charge on any atom is -0.450 e. The number of hydrogen-bond donors (Lipinski definition) is 1. The summed E-state index contributed by atoms with van der Waals surface area (Å²) in [4.78, 5) is 11.6. The Balaban J connectivity index is 1.67. The van der Waals surface area contributed by atoms with Gasteiger partial charge in [0.05, 0.1) is 6.61 Å². The molecule has 0 bridgehead atoms. The van der Waals surface area contributed by atoms with Crippen molar-refractivity contribution in [2.75, 3.05) is 6.61 Å². The van der Waals surface area contributed by atoms with Crippen LogP contribution in [0, 0.1) is 5.41 Å². The minimum absolute atomic E-state index is 0.256. The monoisotopic (exact) mass is 327 g/mol. The van der Waals surface area contributed by atoms with E-state index < -0.39 is 0 Å². The number of carbonyl (C=O) groups is 1. The first-order chi connectivity index (χ1) is 11.5. The zero-order chi connectivity index (χ0) is 17.2. The third-order valence-corrected chi connectivity index (χ3v) is 5.58. The molecule has 1 N–H and O–H groups in total. The number of ether oxygens (including phenoxy) is 1. The summed E-state index contributed by atoms with van der Waals surface area (Å²) < 4.78 is 5.00. The summed E-state index contributed by atoms with van der Waals surface area (Å²) in [7, 11) is 0. The van der Waals surface area contributed by atoms with Crippen molar-refractivity contribution in [3.8, 4) is 0 Å². The van der Waals surface area contributed by atoms with E-state index in [2.05, 4.69) is 49.5 Å². The Bertz CT molecular complexity index is 625. The number of hydrogen-bond acceptors (Lipinski definition) is 2. The van der Waals surface area contributed by atoms with Crippen LogP contribution < -0.4 is 5.32 Å². The van der Waals surface area contributed by atoms with E-state index in [0.29, 0.717) is 12.5 Å². The highest BCUT2D eigenvalue weighted by Crippen LogP contribution is 2.45. The smallest absolute Gasteiger partial charge is 0.407 e. The third-order valence-electron chi connectivity index (χ3n) is 5.58. The highest BCUT2D eigenvalue weighted by atomic mass is 16.5. The lowest BCUT2D eigenvalue weighted by atomic mass is 9.66. The number of carbonyl (C=O) groups excluding carboxylic acids is 1. The van der Waals surface area contributed by atoms with Gasteiger partial charge < -0.3 is 10.1 Å². The van der Waals surface area contributed by atoms with Crippen molar-refractivity contribution in [3.05, 3.63) is 41.0 Å². The van der Waals surface area contributed by atoms with Gasteiger partial charge in [-0.05, 0) is 67.1 Å². The van der Waals surface area contributed by atoms with Gasteiger partial charge in [-0.15, -0.1) is 0 Å². The van der Waals surface area contributed by atoms with Crippen molar-refractivity contribution in [1.82, 2.24) is 5.32 Å². The summed E-state index contributed by atoms with van der Waals surface area (Å²) in [6, 6.07) is 7.00. The maximum absolute atomic E-state index is 11.6. The third kappa shape index (κ3) is 3.50. The predicted molar refractivity (Wildman–Crippen MR) is 98.1 cm³/mol. The predicted octanol–water partition coefficient (Wildman–Crippen LogP) is 5.05. The molecule has 2 aliphatic rings. The van der Waals surface area contributed by atoms with E-state index in [1.807, 2.05) is 6.92 Å². The van der Waals surface area contributed by atoms with Crippen LogP contribution in [-0.4, -0.2) is 18.7 Å². The van der Waals surface area contributed by atoms with E-state index >= 15 is 0 Å². The molecule has 0 heterocycles. The lowest BCUT2D eigenvalue weighted by Gasteiger charge is -2.41. The molecule has 24 heavy (non-hydrogen) atoms. The molecule has 0 aliphatic heterocycles. The molecular weight excluding hydrogens is 298 g/mol. The van der Waals surface area contributed by atoms with Gasteiger partial charge in [-0.2, -0.15) is 0 Å². The van der Waals surface area contributed by atoms with Crippen LogP contribution in [0.1, 0.15) is 69.1 Å². The second-order valence-electron chi connectivity index (χ2n) is 7.59. The highest BCUT2D eigenvalue weighted by molar-refractivity contribution is 5.67. The SMILES string of the molecule is CCOC(=O)NC1CCC2(C=Cc3c(cccc3C(C)C)C2)CC1. The number of allylic oxidation sites excluding steroid dienone is 1. The van der Waals surface area contributed by atoms with Crippen LogP contribution in [0.3, 0.4) is 0 Å². The fourth-order valence-electron chi connectivity index (χ4n) is 4.21. The Kier molecular flexibility index (Phi) is 4.98. The number of fused-ring (bicyclic) bond motifs is 1. The molecule has 1 aromatic carbocycles. The molecule has 2 aliphatic carbocycles. The standard InChI is InChI=1S/C21H29NO2/c1-4-24-20(23)22-17-8-11-21(12-9-17)13-10-19-16(14-21)6-5-7-18(19)15(2)3/h5-7,10,13,15,17H,4,8-9,11-12,14H2,1-3H3,(H,22,23). The van der Waals surface area contributed by atoms with E-state index in [-0.39, 0.29) is 17.6 Å². The summed E-state index contributed by atoms with van der Waals surface area (Å²) in [5.41, 5.74) is 4.65. The van der Waals surface area contributed by atoms with Gasteiger partial charge >= 0.3 is 6.09 Å². The first-order valence-corrected chi connectivity index (χ1v) is 9.27. The lowest BCUT2D eigenvalue weighted by Crippen LogP contribution is -2.41. The molecule has 3 rings (SSSR count). The number of alkyl carbamates (subject to hydrolysis) is 1.